The van der Waals surface area contributed by atoms with Crippen LogP contribution in [-0.4, -0.2) is 59.9 Å². The van der Waals surface area contributed by atoms with Gasteiger partial charge in [-0.2, -0.15) is 4.31 Å². The highest BCUT2D eigenvalue weighted by atomic mass is 32.2. The van der Waals surface area contributed by atoms with E-state index in [9.17, 15) is 21.6 Å². The van der Waals surface area contributed by atoms with E-state index in [2.05, 4.69) is 10.0 Å². The second kappa shape index (κ2) is 11.0. The van der Waals surface area contributed by atoms with Gasteiger partial charge < -0.3 is 10.1 Å². The molecule has 2 N–H and O–H groups in total. The lowest BCUT2D eigenvalue weighted by Gasteiger charge is -2.18. The Morgan fingerprint density at radius 2 is 1.47 bits per heavy atom. The van der Waals surface area contributed by atoms with Gasteiger partial charge in [-0.25, -0.2) is 21.6 Å². The first-order chi connectivity index (χ1) is 15.0. The summed E-state index contributed by atoms with van der Waals surface area (Å²) in [6.45, 7) is 6.16. The van der Waals surface area contributed by atoms with E-state index in [0.717, 1.165) is 0 Å². The monoisotopic (exact) mass is 483 g/mol. The van der Waals surface area contributed by atoms with Gasteiger partial charge in [0.2, 0.25) is 20.0 Å². The molecule has 2 aromatic carbocycles. The van der Waals surface area contributed by atoms with Crippen molar-refractivity contribution in [1.29, 1.82) is 0 Å². The van der Waals surface area contributed by atoms with Gasteiger partial charge in [0.1, 0.15) is 0 Å². The molecular weight excluding hydrogens is 454 g/mol. The van der Waals surface area contributed by atoms with E-state index in [1.165, 1.54) is 59.9 Å². The molecule has 0 radical (unpaired) electrons. The Morgan fingerprint density at radius 1 is 0.938 bits per heavy atom. The number of nitrogens with zero attached hydrogens (tertiary/aromatic N) is 1. The van der Waals surface area contributed by atoms with Gasteiger partial charge in [0.25, 0.3) is 5.91 Å². The lowest BCUT2D eigenvalue weighted by atomic mass is 10.2. The predicted octanol–water partition coefficient (Wildman–Crippen LogP) is 2.28. The first kappa shape index (κ1) is 25.9. The number of hydrogen-bond donors (Lipinski definition) is 2. The molecule has 1 atom stereocenters. The summed E-state index contributed by atoms with van der Waals surface area (Å²) < 4.78 is 58.6. The molecule has 0 fully saturated rings. The zero-order valence-corrected chi connectivity index (χ0v) is 20.2. The Kier molecular flexibility index (Phi) is 8.93. The molecule has 32 heavy (non-hydrogen) atoms. The number of amides is 1. The molecular formula is C21H29N3O6S2. The second-order valence-corrected chi connectivity index (χ2v) is 10.7. The zero-order chi connectivity index (χ0) is 23.9. The number of anilines is 1. The minimum atomic E-state index is -3.71. The summed E-state index contributed by atoms with van der Waals surface area (Å²) in [4.78, 5) is 12.7. The zero-order valence-electron chi connectivity index (χ0n) is 18.5. The first-order valence-electron chi connectivity index (χ1n) is 10.1. The van der Waals surface area contributed by atoms with Crippen LogP contribution < -0.4 is 10.0 Å². The number of hydrogen-bond acceptors (Lipinski definition) is 6. The molecule has 0 aliphatic rings. The van der Waals surface area contributed by atoms with Crippen molar-refractivity contribution in [3.8, 4) is 0 Å². The molecule has 1 amide bonds. The molecule has 2 aromatic rings. The molecule has 0 heterocycles. The van der Waals surface area contributed by atoms with Crippen LogP contribution in [-0.2, 0) is 24.8 Å². The van der Waals surface area contributed by atoms with Gasteiger partial charge in [0, 0.05) is 37.5 Å². The van der Waals surface area contributed by atoms with Crippen molar-refractivity contribution in [3.05, 3.63) is 54.1 Å². The van der Waals surface area contributed by atoms with Gasteiger partial charge in [-0.3, -0.25) is 4.79 Å². The summed E-state index contributed by atoms with van der Waals surface area (Å²) in [5.41, 5.74) is 0.675. The van der Waals surface area contributed by atoms with Gasteiger partial charge in [0.15, 0.2) is 0 Å². The lowest BCUT2D eigenvalue weighted by molar-refractivity contribution is 0.102. The van der Waals surface area contributed by atoms with Crippen molar-refractivity contribution in [1.82, 2.24) is 9.03 Å². The Bertz CT molecular complexity index is 1110. The molecule has 0 saturated heterocycles. The largest absolute Gasteiger partial charge is 0.383 e. The van der Waals surface area contributed by atoms with Crippen molar-refractivity contribution < 1.29 is 26.4 Å². The fraction of sp³-hybridized carbons (Fsp3) is 0.381. The molecule has 0 aliphatic carbocycles. The van der Waals surface area contributed by atoms with Crippen molar-refractivity contribution in [3.63, 3.8) is 0 Å². The summed E-state index contributed by atoms with van der Waals surface area (Å²) >= 11 is 0. The third-order valence-corrected chi connectivity index (χ3v) is 8.32. The van der Waals surface area contributed by atoms with E-state index in [1.807, 2.05) is 0 Å². The second-order valence-electron chi connectivity index (χ2n) is 7.07. The molecule has 11 heteroatoms. The number of benzene rings is 2. The minimum Gasteiger partial charge on any atom is -0.383 e. The lowest BCUT2D eigenvalue weighted by Crippen LogP contribution is -2.35. The van der Waals surface area contributed by atoms with Crippen molar-refractivity contribution in [2.45, 2.75) is 36.6 Å². The van der Waals surface area contributed by atoms with E-state index in [1.54, 1.807) is 20.8 Å². The average Bonchev–Trinajstić information content (AvgIpc) is 2.74. The number of sulfonamides is 2. The number of carbonyl (C=O) groups is 1. The van der Waals surface area contributed by atoms with Gasteiger partial charge >= 0.3 is 0 Å². The normalized spacial score (nSPS) is 13.2. The molecule has 1 unspecified atom stereocenters. The summed E-state index contributed by atoms with van der Waals surface area (Å²) in [6.07, 6.45) is 0. The van der Waals surface area contributed by atoms with Gasteiger partial charge in [-0.15, -0.1) is 0 Å². The quantitative estimate of drug-likeness (QED) is 0.506. The first-order valence-corrected chi connectivity index (χ1v) is 13.0. The number of nitrogens with one attached hydrogen (secondary N) is 2. The van der Waals surface area contributed by atoms with E-state index < -0.39 is 32.0 Å². The SMILES string of the molecule is CCN(CC)S(=O)(=O)c1ccc(C(=O)Nc2ccc(S(=O)(=O)NC(C)COC)cc2)cc1. The van der Waals surface area contributed by atoms with E-state index in [0.29, 0.717) is 18.8 Å². The van der Waals surface area contributed by atoms with Crippen LogP contribution in [0.15, 0.2) is 58.3 Å². The van der Waals surface area contributed by atoms with Gasteiger partial charge in [-0.05, 0) is 55.5 Å². The van der Waals surface area contributed by atoms with Crippen molar-refractivity contribution in [2.75, 3.05) is 32.1 Å². The maximum absolute atomic E-state index is 12.5. The van der Waals surface area contributed by atoms with Crippen LogP contribution in [0.3, 0.4) is 0 Å². The van der Waals surface area contributed by atoms with Gasteiger partial charge in [-0.1, -0.05) is 13.8 Å². The third kappa shape index (κ3) is 6.36. The number of methoxy groups -OCH3 is 1. The van der Waals surface area contributed by atoms with Crippen molar-refractivity contribution in [2.24, 2.45) is 0 Å². The van der Waals surface area contributed by atoms with Crippen LogP contribution in [0, 0.1) is 0 Å². The molecule has 9 nitrogen and oxygen atoms in total. The Balaban J connectivity index is 2.10. The van der Waals surface area contributed by atoms with Crippen LogP contribution in [0.4, 0.5) is 5.69 Å². The van der Waals surface area contributed by atoms with Crippen molar-refractivity contribution >= 4 is 31.6 Å². The Hall–Kier alpha value is -2.31. The number of carbonyl (C=O) groups excluding carboxylic acids is 1. The maximum atomic E-state index is 12.5. The third-order valence-electron chi connectivity index (χ3n) is 4.66. The summed E-state index contributed by atoms with van der Waals surface area (Å²) in [7, 11) is -5.83. The van der Waals surface area contributed by atoms with E-state index in [-0.39, 0.29) is 22.0 Å². The average molecular weight is 484 g/mol. The minimum absolute atomic E-state index is 0.0596. The molecule has 0 aromatic heterocycles. The summed E-state index contributed by atoms with van der Waals surface area (Å²) in [5.74, 6) is -0.445. The molecule has 0 saturated carbocycles. The fourth-order valence-corrected chi connectivity index (χ4v) is 5.71. The number of ether oxygens (including phenoxy) is 1. The Labute approximate surface area is 189 Å². The summed E-state index contributed by atoms with van der Waals surface area (Å²) in [5, 5.41) is 2.67. The van der Waals surface area contributed by atoms with Crippen LogP contribution in [0.5, 0.6) is 0 Å². The van der Waals surface area contributed by atoms with Crippen LogP contribution >= 0.6 is 0 Å². The fourth-order valence-electron chi connectivity index (χ4n) is 3.03. The molecule has 176 valence electrons. The van der Waals surface area contributed by atoms with Crippen LogP contribution in [0.25, 0.3) is 0 Å². The van der Waals surface area contributed by atoms with Crippen LogP contribution in [0.1, 0.15) is 31.1 Å². The molecule has 2 rings (SSSR count). The smallest absolute Gasteiger partial charge is 0.255 e. The standard InChI is InChI=1S/C21H29N3O6S2/c1-5-24(6-2)32(28,29)20-11-7-17(8-12-20)21(25)22-18-9-13-19(14-10-18)31(26,27)23-16(3)15-30-4/h7-14,16,23H,5-6,15H2,1-4H3,(H,22,25). The maximum Gasteiger partial charge on any atom is 0.255 e. The highest BCUT2D eigenvalue weighted by Crippen LogP contribution is 2.18. The predicted molar refractivity (Wildman–Crippen MR) is 123 cm³/mol. The highest BCUT2D eigenvalue weighted by Gasteiger charge is 2.22. The number of rotatable bonds is 11. The highest BCUT2D eigenvalue weighted by molar-refractivity contribution is 7.89. The van der Waals surface area contributed by atoms with Crippen LogP contribution in [0.2, 0.25) is 0 Å². The molecule has 0 spiro atoms. The molecule has 0 aliphatic heterocycles. The Morgan fingerprint density at radius 3 is 1.97 bits per heavy atom. The van der Waals surface area contributed by atoms with Gasteiger partial charge in [0.05, 0.1) is 16.4 Å². The van der Waals surface area contributed by atoms with E-state index >= 15 is 0 Å². The topological polar surface area (TPSA) is 122 Å². The van der Waals surface area contributed by atoms with E-state index in [4.69, 9.17) is 4.74 Å². The molecule has 0 bridgehead atoms. The summed E-state index contributed by atoms with van der Waals surface area (Å²) in [6, 6.07) is 11.0.